The number of anilines is 1. The molecule has 2 nitrogen and oxygen atoms in total. The lowest BCUT2D eigenvalue weighted by atomic mass is 10.2. The lowest BCUT2D eigenvalue weighted by Gasteiger charge is -2.19. The van der Waals surface area contributed by atoms with Crippen LogP contribution in [0.4, 0.5) is 10.1 Å². The molecular formula is C15H23FN2. The first-order valence-electron chi connectivity index (χ1n) is 6.96. The molecule has 100 valence electrons. The van der Waals surface area contributed by atoms with Crippen molar-refractivity contribution in [2.45, 2.75) is 38.1 Å². The van der Waals surface area contributed by atoms with Crippen LogP contribution in [-0.2, 0) is 0 Å². The van der Waals surface area contributed by atoms with Crippen LogP contribution in [0.5, 0.6) is 0 Å². The van der Waals surface area contributed by atoms with Gasteiger partial charge in [-0.15, -0.1) is 0 Å². The highest BCUT2D eigenvalue weighted by Gasteiger charge is 2.19. The fraction of sp³-hybridized carbons (Fsp3) is 0.600. The van der Waals surface area contributed by atoms with Gasteiger partial charge in [-0.25, -0.2) is 4.39 Å². The Labute approximate surface area is 109 Å². The summed E-state index contributed by atoms with van der Waals surface area (Å²) in [5, 5.41) is 3.51. The van der Waals surface area contributed by atoms with Gasteiger partial charge in [0, 0.05) is 19.6 Å². The molecule has 1 saturated carbocycles. The smallest absolute Gasteiger partial charge is 0.146 e. The average molecular weight is 250 g/mol. The molecule has 1 aromatic carbocycles. The van der Waals surface area contributed by atoms with E-state index in [0.29, 0.717) is 5.69 Å². The second kappa shape index (κ2) is 6.74. The first-order chi connectivity index (χ1) is 8.77. The number of rotatable bonds is 8. The van der Waals surface area contributed by atoms with Gasteiger partial charge in [0.15, 0.2) is 0 Å². The van der Waals surface area contributed by atoms with Crippen molar-refractivity contribution >= 4 is 5.69 Å². The zero-order valence-corrected chi connectivity index (χ0v) is 11.2. The zero-order valence-electron chi connectivity index (χ0n) is 11.2. The maximum absolute atomic E-state index is 13.5. The van der Waals surface area contributed by atoms with Crippen molar-refractivity contribution in [3.8, 4) is 0 Å². The lowest BCUT2D eigenvalue weighted by molar-refractivity contribution is 0.592. The normalized spacial score (nSPS) is 14.8. The molecule has 3 heteroatoms. The largest absolute Gasteiger partial charge is 0.372 e. The SMILES string of the molecule is CN(CCCCCNC1CC1)c1ccccc1F. The van der Waals surface area contributed by atoms with Crippen molar-refractivity contribution in [1.82, 2.24) is 5.32 Å². The minimum atomic E-state index is -0.129. The van der Waals surface area contributed by atoms with E-state index in [-0.39, 0.29) is 5.82 Å². The second-order valence-corrected chi connectivity index (χ2v) is 5.16. The van der Waals surface area contributed by atoms with E-state index < -0.39 is 0 Å². The number of halogens is 1. The van der Waals surface area contributed by atoms with Crippen LogP contribution in [0.15, 0.2) is 24.3 Å². The molecule has 0 aromatic heterocycles. The van der Waals surface area contributed by atoms with Crippen molar-refractivity contribution in [2.75, 3.05) is 25.0 Å². The topological polar surface area (TPSA) is 15.3 Å². The standard InChI is InChI=1S/C15H23FN2/c1-18(15-8-4-3-7-14(15)16)12-6-2-5-11-17-13-9-10-13/h3-4,7-8,13,17H,2,5-6,9-12H2,1H3. The average Bonchev–Trinajstić information content (AvgIpc) is 3.18. The molecule has 2 rings (SSSR count). The van der Waals surface area contributed by atoms with Gasteiger partial charge in [-0.05, 0) is 44.4 Å². The van der Waals surface area contributed by atoms with E-state index >= 15 is 0 Å². The molecule has 0 spiro atoms. The maximum Gasteiger partial charge on any atom is 0.146 e. The quantitative estimate of drug-likeness (QED) is 0.713. The molecule has 1 N–H and O–H groups in total. The van der Waals surface area contributed by atoms with Gasteiger partial charge in [-0.2, -0.15) is 0 Å². The Morgan fingerprint density at radius 2 is 2.00 bits per heavy atom. The number of nitrogens with zero attached hydrogens (tertiary/aromatic N) is 1. The molecule has 1 aromatic rings. The second-order valence-electron chi connectivity index (χ2n) is 5.16. The Morgan fingerprint density at radius 3 is 2.72 bits per heavy atom. The summed E-state index contributed by atoms with van der Waals surface area (Å²) in [5.74, 6) is -0.129. The molecule has 0 aliphatic heterocycles. The predicted octanol–water partition coefficient (Wildman–Crippen LogP) is 3.18. The molecule has 0 atom stereocenters. The highest BCUT2D eigenvalue weighted by Crippen LogP contribution is 2.19. The van der Waals surface area contributed by atoms with E-state index in [1.807, 2.05) is 24.1 Å². The van der Waals surface area contributed by atoms with Crippen LogP contribution < -0.4 is 10.2 Å². The number of hydrogen-bond donors (Lipinski definition) is 1. The van der Waals surface area contributed by atoms with Crippen molar-refractivity contribution in [3.63, 3.8) is 0 Å². The fourth-order valence-electron chi connectivity index (χ4n) is 2.13. The van der Waals surface area contributed by atoms with Gasteiger partial charge in [0.05, 0.1) is 5.69 Å². The van der Waals surface area contributed by atoms with Gasteiger partial charge >= 0.3 is 0 Å². The third-order valence-corrected chi connectivity index (χ3v) is 3.44. The first-order valence-corrected chi connectivity index (χ1v) is 6.96. The van der Waals surface area contributed by atoms with Gasteiger partial charge in [0.2, 0.25) is 0 Å². The number of benzene rings is 1. The summed E-state index contributed by atoms with van der Waals surface area (Å²) in [4.78, 5) is 2.00. The molecule has 1 aliphatic rings. The van der Waals surface area contributed by atoms with Crippen LogP contribution in [0.3, 0.4) is 0 Å². The lowest BCUT2D eigenvalue weighted by Crippen LogP contribution is -2.20. The van der Waals surface area contributed by atoms with E-state index in [0.717, 1.165) is 25.6 Å². The van der Waals surface area contributed by atoms with Gasteiger partial charge < -0.3 is 10.2 Å². The van der Waals surface area contributed by atoms with Crippen LogP contribution >= 0.6 is 0 Å². The van der Waals surface area contributed by atoms with Crippen LogP contribution in [0.2, 0.25) is 0 Å². The Bertz CT molecular complexity index is 363. The molecule has 0 unspecified atom stereocenters. The first kappa shape index (κ1) is 13.3. The number of nitrogens with one attached hydrogen (secondary N) is 1. The summed E-state index contributed by atoms with van der Waals surface area (Å²) in [6.07, 6.45) is 6.27. The van der Waals surface area contributed by atoms with Gasteiger partial charge in [-0.3, -0.25) is 0 Å². The van der Waals surface area contributed by atoms with Crippen molar-refractivity contribution in [1.29, 1.82) is 0 Å². The minimum Gasteiger partial charge on any atom is -0.372 e. The van der Waals surface area contributed by atoms with Crippen LogP contribution in [0.25, 0.3) is 0 Å². The van der Waals surface area contributed by atoms with Gasteiger partial charge in [0.1, 0.15) is 5.82 Å². The summed E-state index contributed by atoms with van der Waals surface area (Å²) >= 11 is 0. The monoisotopic (exact) mass is 250 g/mol. The van der Waals surface area contributed by atoms with E-state index in [9.17, 15) is 4.39 Å². The maximum atomic E-state index is 13.5. The van der Waals surface area contributed by atoms with Gasteiger partial charge in [-0.1, -0.05) is 18.6 Å². The molecular weight excluding hydrogens is 227 g/mol. The van der Waals surface area contributed by atoms with Crippen molar-refractivity contribution < 1.29 is 4.39 Å². The molecule has 0 amide bonds. The molecule has 1 fully saturated rings. The fourth-order valence-corrected chi connectivity index (χ4v) is 2.13. The molecule has 0 saturated heterocycles. The van der Waals surface area contributed by atoms with E-state index in [4.69, 9.17) is 0 Å². The van der Waals surface area contributed by atoms with E-state index in [1.54, 1.807) is 6.07 Å². The Kier molecular flexibility index (Phi) is 5.00. The van der Waals surface area contributed by atoms with Crippen LogP contribution in [0, 0.1) is 5.82 Å². The molecule has 1 aliphatic carbocycles. The summed E-state index contributed by atoms with van der Waals surface area (Å²) in [6, 6.07) is 7.78. The van der Waals surface area contributed by atoms with Crippen molar-refractivity contribution in [3.05, 3.63) is 30.1 Å². The third-order valence-electron chi connectivity index (χ3n) is 3.44. The summed E-state index contributed by atoms with van der Waals surface area (Å²) < 4.78 is 13.5. The summed E-state index contributed by atoms with van der Waals surface area (Å²) in [5.41, 5.74) is 0.702. The number of hydrogen-bond acceptors (Lipinski definition) is 2. The van der Waals surface area contributed by atoms with Crippen molar-refractivity contribution in [2.24, 2.45) is 0 Å². The Balaban J connectivity index is 1.59. The zero-order chi connectivity index (χ0) is 12.8. The highest BCUT2D eigenvalue weighted by molar-refractivity contribution is 5.46. The Hall–Kier alpha value is -1.09. The molecule has 0 radical (unpaired) electrons. The predicted molar refractivity (Wildman–Crippen MR) is 74.5 cm³/mol. The van der Waals surface area contributed by atoms with Crippen LogP contribution in [0.1, 0.15) is 32.1 Å². The minimum absolute atomic E-state index is 0.129. The molecule has 0 bridgehead atoms. The number of para-hydroxylation sites is 1. The summed E-state index contributed by atoms with van der Waals surface area (Å²) in [6.45, 7) is 2.05. The van der Waals surface area contributed by atoms with Crippen LogP contribution in [-0.4, -0.2) is 26.2 Å². The number of unbranched alkanes of at least 4 members (excludes halogenated alkanes) is 2. The van der Waals surface area contributed by atoms with Gasteiger partial charge in [0.25, 0.3) is 0 Å². The van der Waals surface area contributed by atoms with E-state index in [2.05, 4.69) is 5.32 Å². The Morgan fingerprint density at radius 1 is 1.22 bits per heavy atom. The third kappa shape index (κ3) is 4.30. The molecule has 18 heavy (non-hydrogen) atoms. The van der Waals surface area contributed by atoms with E-state index in [1.165, 1.54) is 31.7 Å². The molecule has 0 heterocycles. The highest BCUT2D eigenvalue weighted by atomic mass is 19.1. The summed E-state index contributed by atoms with van der Waals surface area (Å²) in [7, 11) is 1.96.